The highest BCUT2D eigenvalue weighted by Crippen LogP contribution is 2.25. The van der Waals surface area contributed by atoms with Crippen LogP contribution in [-0.4, -0.2) is 22.3 Å². The van der Waals surface area contributed by atoms with Gasteiger partial charge in [0.05, 0.1) is 12.0 Å². The van der Waals surface area contributed by atoms with E-state index in [0.717, 1.165) is 6.42 Å². The summed E-state index contributed by atoms with van der Waals surface area (Å²) in [5, 5.41) is 17.3. The Kier molecular flexibility index (Phi) is 2.24. The molecule has 0 heterocycles. The average Bonchev–Trinajstić information content (AvgIpc) is 2.34. The molecule has 1 aliphatic rings. The largest absolute Gasteiger partial charge is 0.392 e. The zero-order valence-corrected chi connectivity index (χ0v) is 5.58. The van der Waals surface area contributed by atoms with E-state index in [1.165, 1.54) is 5.48 Å². The van der Waals surface area contributed by atoms with Crippen molar-refractivity contribution in [1.82, 2.24) is 5.48 Å². The molecule has 1 saturated carbocycles. The number of hydroxylamine groups is 1. The fourth-order valence-corrected chi connectivity index (χ4v) is 1.33. The normalized spacial score (nSPS) is 32.2. The van der Waals surface area contributed by atoms with Gasteiger partial charge in [-0.25, -0.2) is 5.48 Å². The Morgan fingerprint density at radius 1 is 1.50 bits per heavy atom. The molecular weight excluding hydrogens is 134 g/mol. The Hall–Kier alpha value is -0.610. The molecule has 0 spiro atoms. The first-order valence-corrected chi connectivity index (χ1v) is 3.37. The van der Waals surface area contributed by atoms with Crippen LogP contribution in [0.4, 0.5) is 0 Å². The third-order valence-corrected chi connectivity index (χ3v) is 1.93. The second-order valence-electron chi connectivity index (χ2n) is 2.58. The molecule has 2 atom stereocenters. The molecule has 1 rings (SSSR count). The molecule has 0 aromatic heterocycles. The van der Waals surface area contributed by atoms with E-state index in [-0.39, 0.29) is 0 Å². The van der Waals surface area contributed by atoms with Gasteiger partial charge in [-0.3, -0.25) is 10.0 Å². The minimum atomic E-state index is -0.563. The maximum absolute atomic E-state index is 10.7. The minimum absolute atomic E-state index is 0.398. The van der Waals surface area contributed by atoms with E-state index in [0.29, 0.717) is 12.8 Å². The van der Waals surface area contributed by atoms with Gasteiger partial charge in [0.2, 0.25) is 5.91 Å². The first kappa shape index (κ1) is 7.50. The van der Waals surface area contributed by atoms with Crippen molar-refractivity contribution >= 4 is 5.91 Å². The second-order valence-corrected chi connectivity index (χ2v) is 2.58. The van der Waals surface area contributed by atoms with Crippen LogP contribution in [0, 0.1) is 5.92 Å². The maximum Gasteiger partial charge on any atom is 0.249 e. The van der Waals surface area contributed by atoms with Crippen LogP contribution in [0.3, 0.4) is 0 Å². The Morgan fingerprint density at radius 2 is 2.20 bits per heavy atom. The summed E-state index contributed by atoms with van der Waals surface area (Å²) in [4.78, 5) is 10.7. The summed E-state index contributed by atoms with van der Waals surface area (Å²) < 4.78 is 0. The van der Waals surface area contributed by atoms with Gasteiger partial charge in [-0.2, -0.15) is 0 Å². The SMILES string of the molecule is O=C(NO)[C@@H]1CCC[C@@H]1O. The number of aliphatic hydroxyl groups is 1. The zero-order chi connectivity index (χ0) is 7.56. The number of hydrogen-bond donors (Lipinski definition) is 3. The maximum atomic E-state index is 10.7. The van der Waals surface area contributed by atoms with Crippen LogP contribution in [0.5, 0.6) is 0 Å². The van der Waals surface area contributed by atoms with Crippen LogP contribution in [0.25, 0.3) is 0 Å². The van der Waals surface area contributed by atoms with Crippen LogP contribution in [0.15, 0.2) is 0 Å². The lowest BCUT2D eigenvalue weighted by Crippen LogP contribution is -2.32. The van der Waals surface area contributed by atoms with Crippen LogP contribution < -0.4 is 5.48 Å². The highest BCUT2D eigenvalue weighted by atomic mass is 16.5. The van der Waals surface area contributed by atoms with E-state index in [1.54, 1.807) is 0 Å². The van der Waals surface area contributed by atoms with Crippen molar-refractivity contribution in [3.8, 4) is 0 Å². The molecule has 0 aromatic carbocycles. The van der Waals surface area contributed by atoms with Crippen LogP contribution in [0.1, 0.15) is 19.3 Å². The van der Waals surface area contributed by atoms with E-state index in [1.807, 2.05) is 0 Å². The van der Waals surface area contributed by atoms with Crippen LogP contribution >= 0.6 is 0 Å². The third-order valence-electron chi connectivity index (χ3n) is 1.93. The van der Waals surface area contributed by atoms with E-state index >= 15 is 0 Å². The fourth-order valence-electron chi connectivity index (χ4n) is 1.33. The van der Waals surface area contributed by atoms with Crippen molar-refractivity contribution < 1.29 is 15.1 Å². The topological polar surface area (TPSA) is 69.6 Å². The first-order chi connectivity index (χ1) is 4.75. The highest BCUT2D eigenvalue weighted by Gasteiger charge is 2.30. The standard InChI is InChI=1S/C6H11NO3/c8-5-3-1-2-4(5)6(9)7-10/h4-5,8,10H,1-3H2,(H,7,9)/t4-,5+/m1/s1. The van der Waals surface area contributed by atoms with Crippen molar-refractivity contribution in [3.05, 3.63) is 0 Å². The van der Waals surface area contributed by atoms with Gasteiger partial charge >= 0.3 is 0 Å². The molecule has 0 unspecified atom stereocenters. The number of carbonyl (C=O) groups excluding carboxylic acids is 1. The van der Waals surface area contributed by atoms with Gasteiger partial charge in [0.25, 0.3) is 0 Å². The lowest BCUT2D eigenvalue weighted by Gasteiger charge is -2.10. The minimum Gasteiger partial charge on any atom is -0.392 e. The predicted molar refractivity (Wildman–Crippen MR) is 33.3 cm³/mol. The quantitative estimate of drug-likeness (QED) is 0.349. The molecule has 1 fully saturated rings. The van der Waals surface area contributed by atoms with Crippen LogP contribution in [0.2, 0.25) is 0 Å². The van der Waals surface area contributed by atoms with E-state index in [2.05, 4.69) is 0 Å². The smallest absolute Gasteiger partial charge is 0.249 e. The lowest BCUT2D eigenvalue weighted by atomic mass is 10.1. The van der Waals surface area contributed by atoms with Gasteiger partial charge in [0, 0.05) is 0 Å². The molecule has 1 aliphatic carbocycles. The van der Waals surface area contributed by atoms with Crippen molar-refractivity contribution in [2.24, 2.45) is 5.92 Å². The molecule has 0 aromatic rings. The number of carbonyl (C=O) groups is 1. The molecule has 0 saturated heterocycles. The average molecular weight is 145 g/mol. The van der Waals surface area contributed by atoms with Crippen molar-refractivity contribution in [2.45, 2.75) is 25.4 Å². The zero-order valence-electron chi connectivity index (χ0n) is 5.58. The molecule has 0 bridgehead atoms. The third kappa shape index (κ3) is 1.27. The summed E-state index contributed by atoms with van der Waals surface area (Å²) in [5.74, 6) is -0.866. The number of hydrogen-bond acceptors (Lipinski definition) is 3. The first-order valence-electron chi connectivity index (χ1n) is 3.37. The van der Waals surface area contributed by atoms with Gasteiger partial charge in [0.1, 0.15) is 0 Å². The molecular formula is C6H11NO3. The molecule has 0 aliphatic heterocycles. The van der Waals surface area contributed by atoms with Crippen molar-refractivity contribution in [1.29, 1.82) is 0 Å². The number of nitrogens with one attached hydrogen (secondary N) is 1. The highest BCUT2D eigenvalue weighted by molar-refractivity contribution is 5.78. The van der Waals surface area contributed by atoms with Gasteiger partial charge in [-0.15, -0.1) is 0 Å². The Morgan fingerprint density at radius 3 is 2.60 bits per heavy atom. The van der Waals surface area contributed by atoms with E-state index in [9.17, 15) is 4.79 Å². The van der Waals surface area contributed by atoms with Gasteiger partial charge in [-0.05, 0) is 19.3 Å². The Balaban J connectivity index is 2.46. The molecule has 0 radical (unpaired) electrons. The Labute approximate surface area is 58.8 Å². The molecule has 4 heteroatoms. The van der Waals surface area contributed by atoms with E-state index in [4.69, 9.17) is 10.3 Å². The summed E-state index contributed by atoms with van der Waals surface area (Å²) in [5.41, 5.74) is 1.54. The summed E-state index contributed by atoms with van der Waals surface area (Å²) in [6, 6.07) is 0. The van der Waals surface area contributed by atoms with Gasteiger partial charge < -0.3 is 5.11 Å². The number of aliphatic hydroxyl groups excluding tert-OH is 1. The molecule has 3 N–H and O–H groups in total. The monoisotopic (exact) mass is 145 g/mol. The molecule has 10 heavy (non-hydrogen) atoms. The van der Waals surface area contributed by atoms with Crippen molar-refractivity contribution in [3.63, 3.8) is 0 Å². The Bertz CT molecular complexity index is 137. The summed E-state index contributed by atoms with van der Waals surface area (Å²) in [6.45, 7) is 0. The lowest BCUT2D eigenvalue weighted by molar-refractivity contribution is -0.135. The molecule has 58 valence electrons. The predicted octanol–water partition coefficient (Wildman–Crippen LogP) is -0.347. The van der Waals surface area contributed by atoms with Crippen molar-refractivity contribution in [2.75, 3.05) is 0 Å². The molecule has 4 nitrogen and oxygen atoms in total. The summed E-state index contributed by atoms with van der Waals surface area (Å²) >= 11 is 0. The summed E-state index contributed by atoms with van der Waals surface area (Å²) in [6.07, 6.45) is 1.64. The number of rotatable bonds is 1. The summed E-state index contributed by atoms with van der Waals surface area (Å²) in [7, 11) is 0. The van der Waals surface area contributed by atoms with Gasteiger partial charge in [0.15, 0.2) is 0 Å². The molecule has 1 amide bonds. The van der Waals surface area contributed by atoms with Gasteiger partial charge in [-0.1, -0.05) is 0 Å². The van der Waals surface area contributed by atoms with E-state index < -0.39 is 17.9 Å². The second kappa shape index (κ2) is 2.98. The number of amides is 1. The van der Waals surface area contributed by atoms with Crippen LogP contribution in [-0.2, 0) is 4.79 Å². The fraction of sp³-hybridized carbons (Fsp3) is 0.833.